The molecule has 0 amide bonds. The van der Waals surface area contributed by atoms with E-state index in [-0.39, 0.29) is 5.60 Å². The van der Waals surface area contributed by atoms with Crippen LogP contribution in [0.1, 0.15) is 38.8 Å². The van der Waals surface area contributed by atoms with Crippen molar-refractivity contribution < 1.29 is 9.47 Å². The van der Waals surface area contributed by atoms with Crippen LogP contribution in [-0.4, -0.2) is 19.3 Å². The lowest BCUT2D eigenvalue weighted by Crippen LogP contribution is -2.38. The van der Waals surface area contributed by atoms with Crippen LogP contribution in [0, 0.1) is 0 Å². The molecule has 0 radical (unpaired) electrons. The van der Waals surface area contributed by atoms with Gasteiger partial charge in [-0.05, 0) is 33.9 Å². The highest BCUT2D eigenvalue weighted by Gasteiger charge is 2.33. The highest BCUT2D eigenvalue weighted by molar-refractivity contribution is 5.44. The molecule has 0 saturated heterocycles. The van der Waals surface area contributed by atoms with Gasteiger partial charge in [0.1, 0.15) is 17.1 Å². The minimum absolute atomic E-state index is 0.133. The van der Waals surface area contributed by atoms with E-state index in [1.807, 2.05) is 26.1 Å². The number of fused-ring (bicyclic) bond motifs is 1. The third kappa shape index (κ3) is 2.55. The van der Waals surface area contributed by atoms with Crippen LogP contribution >= 0.6 is 0 Å². The predicted molar refractivity (Wildman–Crippen MR) is 68.7 cm³/mol. The van der Waals surface area contributed by atoms with Crippen molar-refractivity contribution >= 4 is 0 Å². The molecule has 1 unspecified atom stereocenters. The van der Waals surface area contributed by atoms with Crippen LogP contribution in [0.2, 0.25) is 0 Å². The number of rotatable bonds is 3. The fourth-order valence-electron chi connectivity index (χ4n) is 2.35. The smallest absolute Gasteiger partial charge is 0.128 e. The number of hydrogen-bond acceptors (Lipinski definition) is 3. The van der Waals surface area contributed by atoms with E-state index >= 15 is 0 Å². The summed E-state index contributed by atoms with van der Waals surface area (Å²) < 4.78 is 11.5. The van der Waals surface area contributed by atoms with Gasteiger partial charge < -0.3 is 14.8 Å². The second-order valence-electron chi connectivity index (χ2n) is 5.04. The lowest BCUT2D eigenvalue weighted by atomic mass is 9.90. The summed E-state index contributed by atoms with van der Waals surface area (Å²) in [4.78, 5) is 0. The maximum absolute atomic E-state index is 6.02. The molecule has 0 aliphatic carbocycles. The summed E-state index contributed by atoms with van der Waals surface area (Å²) in [5.74, 6) is 1.81. The molecular weight excluding hydrogens is 214 g/mol. The Bertz CT molecular complexity index is 401. The van der Waals surface area contributed by atoms with Gasteiger partial charge in [-0.2, -0.15) is 0 Å². The van der Waals surface area contributed by atoms with Gasteiger partial charge in [-0.25, -0.2) is 0 Å². The third-order valence-electron chi connectivity index (χ3n) is 3.10. The molecule has 1 aliphatic heterocycles. The Morgan fingerprint density at radius 2 is 2.24 bits per heavy atom. The highest BCUT2D eigenvalue weighted by Crippen LogP contribution is 2.40. The normalized spacial score (nSPS) is 21.5. The molecule has 1 atom stereocenters. The molecule has 2 rings (SSSR count). The van der Waals surface area contributed by atoms with Crippen molar-refractivity contribution in [2.45, 2.75) is 38.8 Å². The lowest BCUT2D eigenvalue weighted by Gasteiger charge is -2.37. The quantitative estimate of drug-likeness (QED) is 0.873. The topological polar surface area (TPSA) is 30.5 Å². The number of nitrogens with one attached hydrogen (secondary N) is 1. The van der Waals surface area contributed by atoms with Crippen molar-refractivity contribution in [3.63, 3.8) is 0 Å². The molecule has 1 heterocycles. The van der Waals surface area contributed by atoms with E-state index in [2.05, 4.69) is 25.2 Å². The first-order valence-corrected chi connectivity index (χ1v) is 6.19. The average Bonchev–Trinajstić information content (AvgIpc) is 2.26. The Labute approximate surface area is 103 Å². The van der Waals surface area contributed by atoms with E-state index in [9.17, 15) is 0 Å². The van der Waals surface area contributed by atoms with Gasteiger partial charge in [0.05, 0.1) is 6.61 Å². The zero-order valence-electron chi connectivity index (χ0n) is 11.0. The molecule has 0 fully saturated rings. The van der Waals surface area contributed by atoms with Gasteiger partial charge in [0.2, 0.25) is 0 Å². The molecule has 3 heteroatoms. The van der Waals surface area contributed by atoms with E-state index in [1.54, 1.807) is 0 Å². The first-order chi connectivity index (χ1) is 8.05. The van der Waals surface area contributed by atoms with E-state index in [4.69, 9.17) is 9.47 Å². The Kier molecular flexibility index (Phi) is 3.29. The maximum Gasteiger partial charge on any atom is 0.128 e. The third-order valence-corrected chi connectivity index (χ3v) is 3.10. The molecule has 1 N–H and O–H groups in total. The minimum atomic E-state index is -0.133. The highest BCUT2D eigenvalue weighted by atomic mass is 16.5. The van der Waals surface area contributed by atoms with Crippen LogP contribution in [0.4, 0.5) is 0 Å². The second-order valence-corrected chi connectivity index (χ2v) is 5.04. The SMILES string of the molecule is CCOc1ccc2c(c1)OC(C)(C)CC2NC. The van der Waals surface area contributed by atoms with Gasteiger partial charge in [0, 0.05) is 24.1 Å². The molecule has 1 aliphatic rings. The maximum atomic E-state index is 6.02. The molecule has 3 nitrogen and oxygen atoms in total. The van der Waals surface area contributed by atoms with E-state index in [1.165, 1.54) is 5.56 Å². The van der Waals surface area contributed by atoms with Crippen molar-refractivity contribution in [3.8, 4) is 11.5 Å². The van der Waals surface area contributed by atoms with Gasteiger partial charge in [-0.3, -0.25) is 0 Å². The molecular formula is C14H21NO2. The predicted octanol–water partition coefficient (Wildman–Crippen LogP) is 2.91. The largest absolute Gasteiger partial charge is 0.494 e. The Hall–Kier alpha value is -1.22. The van der Waals surface area contributed by atoms with Crippen LogP contribution < -0.4 is 14.8 Å². The fourth-order valence-corrected chi connectivity index (χ4v) is 2.35. The monoisotopic (exact) mass is 235 g/mol. The number of benzene rings is 1. The van der Waals surface area contributed by atoms with E-state index < -0.39 is 0 Å². The molecule has 1 aromatic carbocycles. The van der Waals surface area contributed by atoms with Crippen LogP contribution in [0.5, 0.6) is 11.5 Å². The van der Waals surface area contributed by atoms with Crippen LogP contribution in [0.15, 0.2) is 18.2 Å². The molecule has 0 spiro atoms. The zero-order valence-corrected chi connectivity index (χ0v) is 11.0. The number of hydrogen-bond donors (Lipinski definition) is 1. The Morgan fingerprint density at radius 3 is 2.88 bits per heavy atom. The Balaban J connectivity index is 2.35. The molecule has 0 bridgehead atoms. The average molecular weight is 235 g/mol. The first kappa shape index (κ1) is 12.2. The van der Waals surface area contributed by atoms with Crippen molar-refractivity contribution in [1.29, 1.82) is 0 Å². The summed E-state index contributed by atoms with van der Waals surface area (Å²) in [6.07, 6.45) is 0.977. The van der Waals surface area contributed by atoms with Crippen molar-refractivity contribution in [2.24, 2.45) is 0 Å². The molecule has 1 aromatic rings. The van der Waals surface area contributed by atoms with Gasteiger partial charge in [0.25, 0.3) is 0 Å². The first-order valence-electron chi connectivity index (χ1n) is 6.19. The van der Waals surface area contributed by atoms with E-state index in [0.29, 0.717) is 12.6 Å². The van der Waals surface area contributed by atoms with Crippen LogP contribution in [0.25, 0.3) is 0 Å². The van der Waals surface area contributed by atoms with Crippen molar-refractivity contribution in [3.05, 3.63) is 23.8 Å². The molecule has 94 valence electrons. The van der Waals surface area contributed by atoms with Gasteiger partial charge >= 0.3 is 0 Å². The standard InChI is InChI=1S/C14H21NO2/c1-5-16-10-6-7-11-12(15-4)9-14(2,3)17-13(11)8-10/h6-8,12,15H,5,9H2,1-4H3. The summed E-state index contributed by atoms with van der Waals surface area (Å²) in [6.45, 7) is 6.90. The number of ether oxygens (including phenoxy) is 2. The molecule has 0 aromatic heterocycles. The second kappa shape index (κ2) is 4.57. The van der Waals surface area contributed by atoms with E-state index in [0.717, 1.165) is 17.9 Å². The minimum Gasteiger partial charge on any atom is -0.494 e. The summed E-state index contributed by atoms with van der Waals surface area (Å²) >= 11 is 0. The summed E-state index contributed by atoms with van der Waals surface area (Å²) in [5, 5.41) is 3.35. The van der Waals surface area contributed by atoms with Gasteiger partial charge in [0.15, 0.2) is 0 Å². The van der Waals surface area contributed by atoms with Crippen LogP contribution in [-0.2, 0) is 0 Å². The summed E-state index contributed by atoms with van der Waals surface area (Å²) in [5.41, 5.74) is 1.08. The van der Waals surface area contributed by atoms with Crippen molar-refractivity contribution in [2.75, 3.05) is 13.7 Å². The molecule has 17 heavy (non-hydrogen) atoms. The van der Waals surface area contributed by atoms with Gasteiger partial charge in [-0.15, -0.1) is 0 Å². The van der Waals surface area contributed by atoms with Crippen LogP contribution in [0.3, 0.4) is 0 Å². The zero-order chi connectivity index (χ0) is 12.5. The van der Waals surface area contributed by atoms with Gasteiger partial charge in [-0.1, -0.05) is 6.07 Å². The lowest BCUT2D eigenvalue weighted by molar-refractivity contribution is 0.0671. The molecule has 0 saturated carbocycles. The summed E-state index contributed by atoms with van der Waals surface area (Å²) in [6, 6.07) is 6.44. The summed E-state index contributed by atoms with van der Waals surface area (Å²) in [7, 11) is 1.99. The Morgan fingerprint density at radius 1 is 1.47 bits per heavy atom. The van der Waals surface area contributed by atoms with Crippen molar-refractivity contribution in [1.82, 2.24) is 5.32 Å². The fraction of sp³-hybridized carbons (Fsp3) is 0.571.